The minimum absolute atomic E-state index is 0.00167. The number of hydrogen-bond acceptors (Lipinski definition) is 6. The van der Waals surface area contributed by atoms with Gasteiger partial charge in [0.05, 0.1) is 22.2 Å². The number of amides is 2. The van der Waals surface area contributed by atoms with Gasteiger partial charge in [0.25, 0.3) is 0 Å². The Labute approximate surface area is 215 Å². The summed E-state index contributed by atoms with van der Waals surface area (Å²) in [5, 5.41) is 27.2. The fraction of sp³-hybridized carbons (Fsp3) is 0.517. The fourth-order valence-corrected chi connectivity index (χ4v) is 9.36. The Balaban J connectivity index is 1.18. The Kier molecular flexibility index (Phi) is 4.18. The number of aliphatic hydroxyl groups is 2. The van der Waals surface area contributed by atoms with E-state index in [1.807, 2.05) is 18.2 Å². The number of allylic oxidation sites excluding steroid dienone is 3. The van der Waals surface area contributed by atoms with Crippen LogP contribution in [0.1, 0.15) is 55.9 Å². The fourth-order valence-electron chi connectivity index (χ4n) is 9.36. The highest BCUT2D eigenvalue weighted by molar-refractivity contribution is 5.81. The van der Waals surface area contributed by atoms with Gasteiger partial charge in [-0.25, -0.2) is 9.78 Å². The molecule has 4 fully saturated rings. The van der Waals surface area contributed by atoms with E-state index in [-0.39, 0.29) is 29.7 Å². The lowest BCUT2D eigenvalue weighted by atomic mass is 9.26. The molecule has 1 spiro atoms. The van der Waals surface area contributed by atoms with Crippen molar-refractivity contribution >= 4 is 16.9 Å². The van der Waals surface area contributed by atoms with E-state index in [2.05, 4.69) is 28.4 Å². The molecule has 2 aliphatic heterocycles. The zero-order valence-corrected chi connectivity index (χ0v) is 20.7. The normalized spacial score (nSPS) is 39.4. The zero-order valence-electron chi connectivity index (χ0n) is 20.7. The summed E-state index contributed by atoms with van der Waals surface area (Å²) >= 11 is 0. The van der Waals surface area contributed by atoms with Crippen LogP contribution in [0.3, 0.4) is 0 Å². The predicted octanol–water partition coefficient (Wildman–Crippen LogP) is 3.52. The number of likely N-dealkylation sites (tertiary alicyclic amines) is 1. The van der Waals surface area contributed by atoms with Crippen molar-refractivity contribution in [1.82, 2.24) is 15.2 Å². The van der Waals surface area contributed by atoms with Crippen LogP contribution < -0.4 is 11.1 Å². The number of pyridine rings is 1. The van der Waals surface area contributed by atoms with Gasteiger partial charge < -0.3 is 26.0 Å². The SMILES string of the molecule is NC(=O)NCCCCCCN1[C@@H]2CC3C=CC(O)=C4O[C@H]5c6nc7ccccc7cc6C16C[C@@]5(C43)[C@]26O. The molecule has 4 aliphatic carbocycles. The average Bonchev–Trinajstić information content (AvgIpc) is 3.26. The van der Waals surface area contributed by atoms with E-state index in [0.717, 1.165) is 67.2 Å². The summed E-state index contributed by atoms with van der Waals surface area (Å²) in [7, 11) is 0. The van der Waals surface area contributed by atoms with E-state index >= 15 is 0 Å². The number of aromatic nitrogens is 1. The molecule has 37 heavy (non-hydrogen) atoms. The Morgan fingerprint density at radius 2 is 2.08 bits per heavy atom. The summed E-state index contributed by atoms with van der Waals surface area (Å²) in [6.07, 6.45) is 9.31. The van der Waals surface area contributed by atoms with Gasteiger partial charge in [-0.2, -0.15) is 0 Å². The van der Waals surface area contributed by atoms with Gasteiger partial charge in [-0.05, 0) is 56.4 Å². The van der Waals surface area contributed by atoms with Crippen molar-refractivity contribution in [3.63, 3.8) is 0 Å². The largest absolute Gasteiger partial charge is 0.504 e. The summed E-state index contributed by atoms with van der Waals surface area (Å²) in [6, 6.07) is 10.0. The van der Waals surface area contributed by atoms with Crippen LogP contribution in [0.4, 0.5) is 4.79 Å². The number of ether oxygens (including phenoxy) is 1. The van der Waals surface area contributed by atoms with Gasteiger partial charge in [0, 0.05) is 29.5 Å². The monoisotopic (exact) mass is 500 g/mol. The molecule has 2 bridgehead atoms. The molecule has 2 aromatic rings. The average molecular weight is 501 g/mol. The number of para-hydroxylation sites is 1. The van der Waals surface area contributed by atoms with Crippen molar-refractivity contribution in [3.05, 3.63) is 65.3 Å². The summed E-state index contributed by atoms with van der Waals surface area (Å²) in [5.41, 5.74) is 6.35. The quantitative estimate of drug-likeness (QED) is 0.432. The minimum atomic E-state index is -0.887. The topological polar surface area (TPSA) is 121 Å². The van der Waals surface area contributed by atoms with E-state index in [0.29, 0.717) is 12.3 Å². The molecule has 8 rings (SSSR count). The van der Waals surface area contributed by atoms with Crippen molar-refractivity contribution in [2.45, 2.75) is 61.8 Å². The zero-order chi connectivity index (χ0) is 25.2. The maximum atomic E-state index is 12.7. The van der Waals surface area contributed by atoms with Crippen LogP contribution in [0, 0.1) is 17.3 Å². The van der Waals surface area contributed by atoms with Crippen LogP contribution in [0.5, 0.6) is 0 Å². The van der Waals surface area contributed by atoms with Gasteiger partial charge >= 0.3 is 6.03 Å². The van der Waals surface area contributed by atoms with Gasteiger partial charge in [-0.15, -0.1) is 0 Å². The molecule has 1 aromatic heterocycles. The molecular weight excluding hydrogens is 468 g/mol. The van der Waals surface area contributed by atoms with Crippen LogP contribution in [0.2, 0.25) is 0 Å². The number of rotatable bonds is 7. The Morgan fingerprint density at radius 3 is 2.95 bits per heavy atom. The first kappa shape index (κ1) is 21.9. The summed E-state index contributed by atoms with van der Waals surface area (Å²) in [6.45, 7) is 1.53. The summed E-state index contributed by atoms with van der Waals surface area (Å²) in [4.78, 5) is 18.6. The lowest BCUT2D eigenvalue weighted by Gasteiger charge is -2.87. The Hall–Kier alpha value is -3.10. The van der Waals surface area contributed by atoms with Crippen LogP contribution >= 0.6 is 0 Å². The number of fused-ring (bicyclic) bond motifs is 3. The van der Waals surface area contributed by atoms with Crippen LogP contribution in [0.25, 0.3) is 10.9 Å². The van der Waals surface area contributed by atoms with Gasteiger partial charge in [-0.3, -0.25) is 4.90 Å². The first-order valence-corrected chi connectivity index (χ1v) is 13.6. The summed E-state index contributed by atoms with van der Waals surface area (Å²) < 4.78 is 6.60. The number of urea groups is 1. The number of primary amides is 1. The number of nitrogens with zero attached hydrogens (tertiary/aromatic N) is 2. The number of aliphatic hydroxyl groups excluding tert-OH is 1. The third kappa shape index (κ3) is 2.30. The van der Waals surface area contributed by atoms with E-state index in [1.54, 1.807) is 6.08 Å². The molecule has 0 radical (unpaired) electrons. The number of unbranched alkanes of at least 4 members (excludes halogenated alkanes) is 3. The molecule has 7 atom stereocenters. The van der Waals surface area contributed by atoms with Crippen LogP contribution in [-0.2, 0) is 10.3 Å². The second-order valence-corrected chi connectivity index (χ2v) is 11.9. The highest BCUT2D eigenvalue weighted by atomic mass is 16.5. The molecule has 2 amide bonds. The molecule has 192 valence electrons. The standard InChI is InChI=1S/C29H32N4O4/c30-26(35)31-11-5-1-2-6-12-33-21-14-17-9-10-20(34)24-22(17)27-15-28(33,29(21,27)36)18-13-16-7-3-4-8-19(16)32-23(18)25(27)37-24/h3-4,7-10,13,17,21-22,25,34,36H,1-2,5-6,11-12,14-15H2,(H3,30,31,35)/t17?,21-,22?,25+,27+,28?,29-/m1/s1. The van der Waals surface area contributed by atoms with Crippen molar-refractivity contribution in [2.24, 2.45) is 23.0 Å². The first-order chi connectivity index (χ1) is 17.9. The first-order valence-electron chi connectivity index (χ1n) is 13.6. The number of nitrogens with two attached hydrogens (primary N) is 1. The summed E-state index contributed by atoms with van der Waals surface area (Å²) in [5.74, 6) is 1.10. The number of nitrogens with one attached hydrogen (secondary N) is 1. The molecule has 6 aliphatic rings. The lowest BCUT2D eigenvalue weighted by Crippen LogP contribution is -2.98. The molecule has 2 saturated carbocycles. The van der Waals surface area contributed by atoms with Gasteiger partial charge in [0.2, 0.25) is 0 Å². The maximum absolute atomic E-state index is 12.7. The maximum Gasteiger partial charge on any atom is 0.312 e. The van der Waals surface area contributed by atoms with Crippen molar-refractivity contribution in [2.75, 3.05) is 13.1 Å². The molecule has 1 aromatic carbocycles. The van der Waals surface area contributed by atoms with E-state index in [1.165, 1.54) is 0 Å². The van der Waals surface area contributed by atoms with Gasteiger partial charge in [-0.1, -0.05) is 37.1 Å². The number of hydrogen-bond donors (Lipinski definition) is 4. The number of carbonyl (C=O) groups excluding carboxylic acids is 1. The van der Waals surface area contributed by atoms with Crippen LogP contribution in [-0.4, -0.2) is 50.9 Å². The van der Waals surface area contributed by atoms with Crippen molar-refractivity contribution in [1.29, 1.82) is 0 Å². The highest BCUT2D eigenvalue weighted by Crippen LogP contribution is 2.88. The molecule has 3 heterocycles. The third-order valence-electron chi connectivity index (χ3n) is 10.5. The minimum Gasteiger partial charge on any atom is -0.504 e. The van der Waals surface area contributed by atoms with Gasteiger partial charge in [0.1, 0.15) is 17.5 Å². The van der Waals surface area contributed by atoms with Crippen molar-refractivity contribution in [3.8, 4) is 0 Å². The van der Waals surface area contributed by atoms with Crippen molar-refractivity contribution < 1.29 is 19.7 Å². The van der Waals surface area contributed by atoms with Gasteiger partial charge in [0.15, 0.2) is 5.76 Å². The lowest BCUT2D eigenvalue weighted by molar-refractivity contribution is -0.441. The smallest absolute Gasteiger partial charge is 0.312 e. The predicted molar refractivity (Wildman–Crippen MR) is 136 cm³/mol. The van der Waals surface area contributed by atoms with E-state index < -0.39 is 22.6 Å². The number of benzene rings is 1. The second kappa shape index (κ2) is 7.05. The second-order valence-electron chi connectivity index (χ2n) is 11.9. The number of piperidine rings is 1. The number of carbonyl (C=O) groups is 1. The molecular formula is C29H32N4O4. The van der Waals surface area contributed by atoms with Crippen LogP contribution in [0.15, 0.2) is 54.0 Å². The molecule has 2 saturated heterocycles. The highest BCUT2D eigenvalue weighted by Gasteiger charge is 2.96. The Bertz CT molecular complexity index is 1420. The molecule has 8 heteroatoms. The molecule has 5 N–H and O–H groups in total. The molecule has 8 nitrogen and oxygen atoms in total. The third-order valence-corrected chi connectivity index (χ3v) is 10.5. The van der Waals surface area contributed by atoms with E-state index in [4.69, 9.17) is 15.5 Å². The molecule has 3 unspecified atom stereocenters. The van der Waals surface area contributed by atoms with E-state index in [9.17, 15) is 15.0 Å². The Morgan fingerprint density at radius 1 is 1.24 bits per heavy atom.